The molecule has 6 rings (SSSR count). The summed E-state index contributed by atoms with van der Waals surface area (Å²) in [6, 6.07) is 3.03. The third kappa shape index (κ3) is 6.59. The van der Waals surface area contributed by atoms with Crippen LogP contribution in [-0.2, 0) is 12.7 Å². The first kappa shape index (κ1) is 37.1. The predicted molar refractivity (Wildman–Crippen MR) is 201 cm³/mol. The van der Waals surface area contributed by atoms with Crippen molar-refractivity contribution >= 4 is 64.0 Å². The highest BCUT2D eigenvalue weighted by Gasteiger charge is 2.48. The first-order valence-corrected chi connectivity index (χ1v) is 21.5. The first-order chi connectivity index (χ1) is 23.5. The van der Waals surface area contributed by atoms with Gasteiger partial charge in [-0.05, 0) is 42.6 Å². The molecule has 8 nitrogen and oxygen atoms in total. The van der Waals surface area contributed by atoms with Crippen molar-refractivity contribution in [2.75, 3.05) is 23.7 Å². The molecule has 0 spiro atoms. The fourth-order valence-corrected chi connectivity index (χ4v) is 20.7. The molecular formula is C35H44ClF3N6O2S2Si. The lowest BCUT2D eigenvalue weighted by Gasteiger charge is -2.42. The molecule has 0 bridgehead atoms. The van der Waals surface area contributed by atoms with Crippen LogP contribution in [0.15, 0.2) is 40.4 Å². The molecule has 15 heteroatoms. The molecule has 50 heavy (non-hydrogen) atoms. The summed E-state index contributed by atoms with van der Waals surface area (Å²) in [5.74, 6) is 0.807. The highest BCUT2D eigenvalue weighted by Crippen LogP contribution is 2.52. The number of piperazine rings is 1. The number of alkyl halides is 3. The number of halogens is 4. The molecule has 1 N–H and O–H groups in total. The molecule has 1 fully saturated rings. The zero-order valence-electron chi connectivity index (χ0n) is 29.6. The fraction of sp³-hybridized carbons (Fsp3) is 0.543. The van der Waals surface area contributed by atoms with Gasteiger partial charge in [0.1, 0.15) is 20.0 Å². The Morgan fingerprint density at radius 3 is 2.26 bits per heavy atom. The summed E-state index contributed by atoms with van der Waals surface area (Å²) in [6.45, 7) is 18.4. The number of nitrogens with zero attached hydrogens (tertiary/aromatic N) is 5. The van der Waals surface area contributed by atoms with Crippen LogP contribution in [0.25, 0.3) is 21.3 Å². The van der Waals surface area contributed by atoms with Crippen molar-refractivity contribution in [1.29, 1.82) is 0 Å². The summed E-state index contributed by atoms with van der Waals surface area (Å²) in [5.41, 5.74) is 0.112. The number of aromatic nitrogens is 4. The number of thiophene rings is 1. The molecule has 3 aromatic heterocycles. The molecule has 0 amide bonds. The molecule has 1 saturated heterocycles. The van der Waals surface area contributed by atoms with Gasteiger partial charge in [0.2, 0.25) is 5.88 Å². The fourth-order valence-electron chi connectivity index (χ4n) is 8.51. The second-order valence-corrected chi connectivity index (χ2v) is 23.2. The predicted octanol–water partition coefficient (Wildman–Crippen LogP) is 8.21. The van der Waals surface area contributed by atoms with Crippen molar-refractivity contribution in [3.05, 3.63) is 51.8 Å². The summed E-state index contributed by atoms with van der Waals surface area (Å²) >= 11 is 9.77. The third-order valence-electron chi connectivity index (χ3n) is 10.2. The largest absolute Gasteiger partial charge is 0.470 e. The Labute approximate surface area is 305 Å². The van der Waals surface area contributed by atoms with Crippen molar-refractivity contribution in [2.45, 2.75) is 108 Å². The van der Waals surface area contributed by atoms with Crippen molar-refractivity contribution in [1.82, 2.24) is 24.8 Å². The summed E-state index contributed by atoms with van der Waals surface area (Å²) in [7, 11) is -2.33. The standard InChI is InChI=1S/C35H44ClF3N6O2S2Si/c1-18(2)50(19(3)4,20(5)6)33-26(36)12-27(49-33)29-25(35(37,38)39)11-24-30-31(29)48-17-23(47-28-13-40-9-10-41-28)16-45(30)34(46)43-32(24)44-14-21(7)42-22(8)15-44/h9-13,18-23,42H,14-17H2,1-8H3/t21-,22+,23-/m0/s1. The van der Waals surface area contributed by atoms with Gasteiger partial charge in [-0.2, -0.15) is 18.2 Å². The van der Waals surface area contributed by atoms with E-state index in [-0.39, 0.29) is 41.6 Å². The van der Waals surface area contributed by atoms with Gasteiger partial charge in [-0.25, -0.2) is 9.78 Å². The lowest BCUT2D eigenvalue weighted by Crippen LogP contribution is -2.55. The molecular weight excluding hydrogens is 721 g/mol. The second kappa shape index (κ2) is 14.1. The van der Waals surface area contributed by atoms with Crippen molar-refractivity contribution in [3.63, 3.8) is 0 Å². The zero-order valence-corrected chi connectivity index (χ0v) is 32.9. The average Bonchev–Trinajstić information content (AvgIpc) is 3.29. The highest BCUT2D eigenvalue weighted by molar-refractivity contribution is 7.99. The van der Waals surface area contributed by atoms with Crippen LogP contribution in [-0.4, -0.2) is 64.6 Å². The van der Waals surface area contributed by atoms with Crippen LogP contribution < -0.4 is 25.1 Å². The normalized spacial score (nSPS) is 20.3. The Hall–Kier alpha value is -2.65. The van der Waals surface area contributed by atoms with E-state index in [0.717, 1.165) is 4.50 Å². The number of nitrogens with one attached hydrogen (secondary N) is 1. The smallest absolute Gasteiger partial charge is 0.417 e. The van der Waals surface area contributed by atoms with E-state index in [1.54, 1.807) is 6.07 Å². The third-order valence-corrected chi connectivity index (χ3v) is 21.1. The summed E-state index contributed by atoms with van der Waals surface area (Å²) in [4.78, 5) is 29.6. The van der Waals surface area contributed by atoms with Gasteiger partial charge in [0.15, 0.2) is 0 Å². The Bertz CT molecular complexity index is 1910. The van der Waals surface area contributed by atoms with E-state index in [1.165, 1.54) is 52.3 Å². The maximum atomic E-state index is 15.5. The molecule has 270 valence electrons. The number of benzene rings is 1. The molecule has 2 aliphatic heterocycles. The van der Waals surface area contributed by atoms with Gasteiger partial charge in [-0.3, -0.25) is 9.55 Å². The molecule has 4 aromatic rings. The van der Waals surface area contributed by atoms with Gasteiger partial charge in [0.25, 0.3) is 0 Å². The van der Waals surface area contributed by atoms with E-state index in [9.17, 15) is 4.79 Å². The molecule has 2 aliphatic rings. The van der Waals surface area contributed by atoms with Gasteiger partial charge >= 0.3 is 11.9 Å². The second-order valence-electron chi connectivity index (χ2n) is 14.5. The number of rotatable bonds is 8. The lowest BCUT2D eigenvalue weighted by atomic mass is 10.0. The maximum absolute atomic E-state index is 15.5. The Kier molecular flexibility index (Phi) is 10.4. The van der Waals surface area contributed by atoms with Gasteiger partial charge in [-0.15, -0.1) is 23.1 Å². The number of hydrogen-bond acceptors (Lipinski definition) is 9. The lowest BCUT2D eigenvalue weighted by molar-refractivity contribution is -0.137. The van der Waals surface area contributed by atoms with Crippen LogP contribution in [0.2, 0.25) is 21.6 Å². The monoisotopic (exact) mass is 764 g/mol. The van der Waals surface area contributed by atoms with E-state index in [2.05, 4.69) is 61.8 Å². The summed E-state index contributed by atoms with van der Waals surface area (Å²) < 4.78 is 55.1. The maximum Gasteiger partial charge on any atom is 0.417 e. The highest BCUT2D eigenvalue weighted by atomic mass is 35.5. The SMILES string of the molecule is CC(C)[Si](c1sc(-c2c(C(F)(F)F)cc3c(N4C[C@@H](C)N[C@@H](C)C4)nc(=O)n4c3c2SC[C@@H](Oc2cnccn2)C4)cc1Cl)(C(C)C)C(C)C. The van der Waals surface area contributed by atoms with Crippen LogP contribution >= 0.6 is 34.7 Å². The van der Waals surface area contributed by atoms with Crippen LogP contribution in [0.4, 0.5) is 19.0 Å². The molecule has 0 radical (unpaired) electrons. The van der Waals surface area contributed by atoms with Crippen molar-refractivity contribution in [3.8, 4) is 16.3 Å². The minimum atomic E-state index is -4.70. The Balaban J connectivity index is 1.66. The zero-order chi connectivity index (χ0) is 36.3. The quantitative estimate of drug-likeness (QED) is 0.180. The van der Waals surface area contributed by atoms with E-state index >= 15 is 13.2 Å². The Morgan fingerprint density at radius 1 is 1.02 bits per heavy atom. The minimum Gasteiger partial charge on any atom is -0.470 e. The summed E-state index contributed by atoms with van der Waals surface area (Å²) in [6.07, 6.45) is -0.787. The molecule has 1 aromatic carbocycles. The van der Waals surface area contributed by atoms with Crippen LogP contribution in [0.1, 0.15) is 61.0 Å². The molecule has 0 saturated carbocycles. The van der Waals surface area contributed by atoms with Crippen LogP contribution in [0.5, 0.6) is 5.88 Å². The van der Waals surface area contributed by atoms with Gasteiger partial charge in [-0.1, -0.05) is 53.1 Å². The Morgan fingerprint density at radius 2 is 1.68 bits per heavy atom. The van der Waals surface area contributed by atoms with E-state index in [4.69, 9.17) is 16.3 Å². The number of hydrogen-bond donors (Lipinski definition) is 1. The molecule has 0 aliphatic carbocycles. The van der Waals surface area contributed by atoms with E-state index < -0.39 is 31.6 Å². The molecule has 3 atom stereocenters. The summed E-state index contributed by atoms with van der Waals surface area (Å²) in [5, 5.41) is 4.28. The number of anilines is 1. The van der Waals surface area contributed by atoms with Crippen LogP contribution in [0, 0.1) is 0 Å². The van der Waals surface area contributed by atoms with Gasteiger partial charge in [0, 0.05) is 68.5 Å². The average molecular weight is 765 g/mol. The van der Waals surface area contributed by atoms with Crippen molar-refractivity contribution < 1.29 is 17.9 Å². The van der Waals surface area contributed by atoms with Crippen LogP contribution in [0.3, 0.4) is 0 Å². The van der Waals surface area contributed by atoms with Crippen molar-refractivity contribution in [2.24, 2.45) is 0 Å². The van der Waals surface area contributed by atoms with E-state index in [1.807, 2.05) is 18.7 Å². The number of thioether (sulfide) groups is 1. The number of ether oxygens (including phenoxy) is 1. The topological polar surface area (TPSA) is 85.2 Å². The first-order valence-electron chi connectivity index (χ1n) is 17.1. The molecule has 0 unspecified atom stereocenters. The van der Waals surface area contributed by atoms with Gasteiger partial charge < -0.3 is 15.0 Å². The minimum absolute atomic E-state index is 0.0488. The molecule has 5 heterocycles. The van der Waals surface area contributed by atoms with E-state index in [0.29, 0.717) is 55.4 Å². The van der Waals surface area contributed by atoms with Gasteiger partial charge in [0.05, 0.1) is 28.8 Å².